The zero-order valence-corrected chi connectivity index (χ0v) is 13.7. The van der Waals surface area contributed by atoms with E-state index in [2.05, 4.69) is 20.6 Å². The summed E-state index contributed by atoms with van der Waals surface area (Å²) in [6, 6.07) is 7.06. The second-order valence-corrected chi connectivity index (χ2v) is 5.61. The third kappa shape index (κ3) is 3.87. The van der Waals surface area contributed by atoms with Gasteiger partial charge in [0.2, 0.25) is 5.91 Å². The molecule has 2 aromatic rings. The van der Waals surface area contributed by atoms with Crippen molar-refractivity contribution < 1.29 is 14.3 Å². The number of aromatic nitrogens is 2. The van der Waals surface area contributed by atoms with Gasteiger partial charge in [0, 0.05) is 24.6 Å². The SMILES string of the molecule is Cc1cc(Oc2ncccn2)ccc1NC(=O)[C@H]1NCCO[C@@H]1C. The minimum absolute atomic E-state index is 0.106. The number of hydrogen-bond donors (Lipinski definition) is 2. The van der Waals surface area contributed by atoms with Crippen LogP contribution in [0.25, 0.3) is 0 Å². The molecule has 2 heterocycles. The number of ether oxygens (including phenoxy) is 2. The number of anilines is 1. The normalized spacial score (nSPS) is 20.4. The van der Waals surface area contributed by atoms with Gasteiger partial charge in [-0.1, -0.05) is 0 Å². The molecular formula is C17H20N4O3. The van der Waals surface area contributed by atoms with Crippen LogP contribution < -0.4 is 15.4 Å². The summed E-state index contributed by atoms with van der Waals surface area (Å²) in [4.78, 5) is 20.4. The Kier molecular flexibility index (Phi) is 5.02. The van der Waals surface area contributed by atoms with E-state index in [1.54, 1.807) is 30.6 Å². The molecule has 0 bridgehead atoms. The molecule has 3 rings (SSSR count). The highest BCUT2D eigenvalue weighted by atomic mass is 16.5. The Hall–Kier alpha value is -2.51. The lowest BCUT2D eigenvalue weighted by Gasteiger charge is -2.29. The molecule has 1 aliphatic heterocycles. The first-order valence-electron chi connectivity index (χ1n) is 7.85. The maximum absolute atomic E-state index is 12.4. The van der Waals surface area contributed by atoms with E-state index < -0.39 is 0 Å². The summed E-state index contributed by atoms with van der Waals surface area (Å²) in [7, 11) is 0. The average molecular weight is 328 g/mol. The van der Waals surface area contributed by atoms with Crippen LogP contribution in [0.4, 0.5) is 5.69 Å². The Morgan fingerprint density at radius 1 is 1.38 bits per heavy atom. The number of carbonyl (C=O) groups is 1. The van der Waals surface area contributed by atoms with Gasteiger partial charge < -0.3 is 20.1 Å². The van der Waals surface area contributed by atoms with Gasteiger partial charge in [-0.05, 0) is 43.7 Å². The van der Waals surface area contributed by atoms with Crippen LogP contribution in [0.3, 0.4) is 0 Å². The Balaban J connectivity index is 1.67. The summed E-state index contributed by atoms with van der Waals surface area (Å²) in [5, 5.41) is 6.11. The quantitative estimate of drug-likeness (QED) is 0.891. The Bertz CT molecular complexity index is 708. The highest BCUT2D eigenvalue weighted by Gasteiger charge is 2.28. The van der Waals surface area contributed by atoms with Crippen molar-refractivity contribution in [3.05, 3.63) is 42.2 Å². The lowest BCUT2D eigenvalue weighted by atomic mass is 10.1. The molecule has 7 nitrogen and oxygen atoms in total. The van der Waals surface area contributed by atoms with Crippen LogP contribution in [0.1, 0.15) is 12.5 Å². The maximum atomic E-state index is 12.4. The monoisotopic (exact) mass is 328 g/mol. The zero-order valence-electron chi connectivity index (χ0n) is 13.7. The molecule has 1 aliphatic rings. The van der Waals surface area contributed by atoms with Crippen LogP contribution in [0.2, 0.25) is 0 Å². The molecule has 1 aromatic heterocycles. The number of rotatable bonds is 4. The van der Waals surface area contributed by atoms with Crippen molar-refractivity contribution in [1.82, 2.24) is 15.3 Å². The van der Waals surface area contributed by atoms with E-state index in [0.29, 0.717) is 18.9 Å². The van der Waals surface area contributed by atoms with Gasteiger partial charge in [-0.2, -0.15) is 0 Å². The smallest absolute Gasteiger partial charge is 0.321 e. The summed E-state index contributed by atoms with van der Waals surface area (Å²) in [6.07, 6.45) is 3.07. The number of carbonyl (C=O) groups excluding carboxylic acids is 1. The van der Waals surface area contributed by atoms with Crippen molar-refractivity contribution >= 4 is 11.6 Å². The van der Waals surface area contributed by atoms with E-state index in [4.69, 9.17) is 9.47 Å². The molecule has 2 N–H and O–H groups in total. The minimum atomic E-state index is -0.355. The van der Waals surface area contributed by atoms with Crippen molar-refractivity contribution in [2.75, 3.05) is 18.5 Å². The Morgan fingerprint density at radius 3 is 2.88 bits per heavy atom. The predicted molar refractivity (Wildman–Crippen MR) is 89.1 cm³/mol. The highest BCUT2D eigenvalue weighted by molar-refractivity contribution is 5.96. The number of amides is 1. The summed E-state index contributed by atoms with van der Waals surface area (Å²) in [5.41, 5.74) is 1.63. The topological polar surface area (TPSA) is 85.4 Å². The fourth-order valence-electron chi connectivity index (χ4n) is 2.52. The first-order chi connectivity index (χ1) is 11.6. The van der Waals surface area contributed by atoms with Gasteiger partial charge in [0.1, 0.15) is 11.8 Å². The Labute approximate surface area is 140 Å². The number of morpholine rings is 1. The van der Waals surface area contributed by atoms with Crippen LogP contribution in [0.15, 0.2) is 36.7 Å². The third-order valence-electron chi connectivity index (χ3n) is 3.81. The van der Waals surface area contributed by atoms with Crippen molar-refractivity contribution in [2.24, 2.45) is 0 Å². The molecule has 24 heavy (non-hydrogen) atoms. The second-order valence-electron chi connectivity index (χ2n) is 5.61. The molecule has 1 aromatic carbocycles. The first kappa shape index (κ1) is 16.4. The van der Waals surface area contributed by atoms with Crippen LogP contribution in [-0.2, 0) is 9.53 Å². The number of nitrogens with one attached hydrogen (secondary N) is 2. The molecule has 0 aliphatic carbocycles. The van der Waals surface area contributed by atoms with E-state index in [-0.39, 0.29) is 24.1 Å². The van der Waals surface area contributed by atoms with Crippen molar-refractivity contribution in [2.45, 2.75) is 26.0 Å². The first-order valence-corrected chi connectivity index (χ1v) is 7.85. The largest absolute Gasteiger partial charge is 0.424 e. The predicted octanol–water partition coefficient (Wildman–Crippen LogP) is 1.89. The molecule has 0 radical (unpaired) electrons. The van der Waals surface area contributed by atoms with E-state index in [1.165, 1.54) is 0 Å². The highest BCUT2D eigenvalue weighted by Crippen LogP contribution is 2.24. The van der Waals surface area contributed by atoms with Crippen LogP contribution in [0.5, 0.6) is 11.8 Å². The van der Waals surface area contributed by atoms with Crippen molar-refractivity contribution in [1.29, 1.82) is 0 Å². The van der Waals surface area contributed by atoms with Gasteiger partial charge in [0.15, 0.2) is 0 Å². The number of benzene rings is 1. The van der Waals surface area contributed by atoms with Gasteiger partial charge in [-0.15, -0.1) is 0 Å². The third-order valence-corrected chi connectivity index (χ3v) is 3.81. The van der Waals surface area contributed by atoms with E-state index >= 15 is 0 Å². The average Bonchev–Trinajstić information content (AvgIpc) is 2.58. The zero-order chi connectivity index (χ0) is 16.9. The van der Waals surface area contributed by atoms with Crippen molar-refractivity contribution in [3.63, 3.8) is 0 Å². The molecule has 1 fully saturated rings. The molecule has 0 saturated carbocycles. The number of nitrogens with zero attached hydrogens (tertiary/aromatic N) is 2. The molecular weight excluding hydrogens is 308 g/mol. The van der Waals surface area contributed by atoms with E-state index in [1.807, 2.05) is 19.9 Å². The van der Waals surface area contributed by atoms with Gasteiger partial charge >= 0.3 is 6.01 Å². The van der Waals surface area contributed by atoms with Gasteiger partial charge in [0.05, 0.1) is 12.7 Å². The summed E-state index contributed by atoms with van der Waals surface area (Å²) >= 11 is 0. The second kappa shape index (κ2) is 7.37. The Morgan fingerprint density at radius 2 is 2.17 bits per heavy atom. The van der Waals surface area contributed by atoms with Crippen LogP contribution in [0, 0.1) is 6.92 Å². The van der Waals surface area contributed by atoms with Crippen LogP contribution >= 0.6 is 0 Å². The molecule has 2 atom stereocenters. The van der Waals surface area contributed by atoms with Gasteiger partial charge in [0.25, 0.3) is 0 Å². The minimum Gasteiger partial charge on any atom is -0.424 e. The molecule has 0 spiro atoms. The maximum Gasteiger partial charge on any atom is 0.321 e. The molecule has 1 saturated heterocycles. The standard InChI is InChI=1S/C17H20N4O3/c1-11-10-13(24-17-19-6-3-7-20-17)4-5-14(11)21-16(22)15-12(2)23-9-8-18-15/h3-7,10,12,15,18H,8-9H2,1-2H3,(H,21,22)/t12-,15+/m1/s1. The number of hydrogen-bond acceptors (Lipinski definition) is 6. The van der Waals surface area contributed by atoms with Gasteiger partial charge in [-0.25, -0.2) is 9.97 Å². The van der Waals surface area contributed by atoms with Gasteiger partial charge in [-0.3, -0.25) is 4.79 Å². The van der Waals surface area contributed by atoms with Crippen molar-refractivity contribution in [3.8, 4) is 11.8 Å². The summed E-state index contributed by atoms with van der Waals surface area (Å²) in [6.45, 7) is 5.09. The fourth-order valence-corrected chi connectivity index (χ4v) is 2.52. The van der Waals surface area contributed by atoms with E-state index in [9.17, 15) is 4.79 Å². The van der Waals surface area contributed by atoms with E-state index in [0.717, 1.165) is 11.3 Å². The summed E-state index contributed by atoms with van der Waals surface area (Å²) < 4.78 is 11.1. The molecule has 1 amide bonds. The lowest BCUT2D eigenvalue weighted by Crippen LogP contribution is -2.53. The fraction of sp³-hybridized carbons (Fsp3) is 0.353. The molecule has 126 valence electrons. The van der Waals surface area contributed by atoms with Crippen LogP contribution in [-0.4, -0.2) is 41.2 Å². The molecule has 0 unspecified atom stereocenters. The summed E-state index contributed by atoms with van der Waals surface area (Å²) in [5.74, 6) is 0.509. The number of aryl methyl sites for hydroxylation is 1. The lowest BCUT2D eigenvalue weighted by molar-refractivity contribution is -0.123. The molecule has 7 heteroatoms.